The highest BCUT2D eigenvalue weighted by molar-refractivity contribution is 5.96. The smallest absolute Gasteiger partial charge is 0.341 e. The molecule has 1 saturated carbocycles. The number of nitrogens with zero attached hydrogens (tertiary/aromatic N) is 2. The van der Waals surface area contributed by atoms with Crippen LogP contribution < -0.4 is 15.6 Å². The average Bonchev–Trinajstić information content (AvgIpc) is 3.43. The normalized spacial score (nSPS) is 17.9. The Bertz CT molecular complexity index is 930. The summed E-state index contributed by atoms with van der Waals surface area (Å²) in [5.74, 6) is -3.03. The second kappa shape index (κ2) is 5.73. The Morgan fingerprint density at radius 3 is 2.56 bits per heavy atom. The number of phenolic OH excluding ortho intramolecular Hbond substituents is 1. The first-order valence-corrected chi connectivity index (χ1v) is 8.28. The molecule has 0 bridgehead atoms. The van der Waals surface area contributed by atoms with Crippen LogP contribution in [0.2, 0.25) is 0 Å². The molecule has 1 aliphatic heterocycles. The Labute approximate surface area is 142 Å². The monoisotopic (exact) mass is 347 g/mol. The summed E-state index contributed by atoms with van der Waals surface area (Å²) in [6.45, 7) is 2.57. The first-order valence-electron chi connectivity index (χ1n) is 8.28. The van der Waals surface area contributed by atoms with E-state index < -0.39 is 28.5 Å². The lowest BCUT2D eigenvalue weighted by molar-refractivity contribution is 0.0695. The van der Waals surface area contributed by atoms with Crippen LogP contribution in [-0.4, -0.2) is 46.9 Å². The number of nitrogens with one attached hydrogen (secondary N) is 1. The van der Waals surface area contributed by atoms with Crippen molar-refractivity contribution in [2.45, 2.75) is 18.9 Å². The van der Waals surface area contributed by atoms with Gasteiger partial charge in [0.05, 0.1) is 16.6 Å². The van der Waals surface area contributed by atoms with Crippen LogP contribution in [0.15, 0.2) is 17.1 Å². The molecule has 1 aliphatic carbocycles. The maximum Gasteiger partial charge on any atom is 0.341 e. The fourth-order valence-corrected chi connectivity index (χ4v) is 3.39. The molecule has 25 heavy (non-hydrogen) atoms. The Morgan fingerprint density at radius 2 is 1.96 bits per heavy atom. The quantitative estimate of drug-likeness (QED) is 0.774. The van der Waals surface area contributed by atoms with Gasteiger partial charge in [0.1, 0.15) is 5.56 Å². The van der Waals surface area contributed by atoms with E-state index in [2.05, 4.69) is 5.32 Å². The number of carbonyl (C=O) groups is 1. The standard InChI is InChI=1S/C17H18FN3O4/c18-14-12(20-5-3-19-4-6-20)7-11-13(16(14)23)15(22)10(17(24)25)8-21(11)9-1-2-9/h7-9,19,23H,1-6H2,(H,24,25). The van der Waals surface area contributed by atoms with Gasteiger partial charge < -0.3 is 25.0 Å². The molecule has 2 heterocycles. The summed E-state index contributed by atoms with van der Waals surface area (Å²) < 4.78 is 16.5. The number of piperazine rings is 1. The number of anilines is 1. The first kappa shape index (κ1) is 15.9. The Morgan fingerprint density at radius 1 is 1.28 bits per heavy atom. The highest BCUT2D eigenvalue weighted by Gasteiger charge is 2.30. The van der Waals surface area contributed by atoms with Crippen molar-refractivity contribution in [1.82, 2.24) is 9.88 Å². The molecule has 4 rings (SSSR count). The molecule has 0 amide bonds. The van der Waals surface area contributed by atoms with Gasteiger partial charge in [0.25, 0.3) is 0 Å². The molecule has 0 unspecified atom stereocenters. The highest BCUT2D eigenvalue weighted by Crippen LogP contribution is 2.40. The van der Waals surface area contributed by atoms with Gasteiger partial charge in [0.2, 0.25) is 5.43 Å². The van der Waals surface area contributed by atoms with Crippen molar-refractivity contribution in [2.24, 2.45) is 0 Å². The number of carboxylic acids is 1. The molecule has 2 aromatic rings. The van der Waals surface area contributed by atoms with E-state index >= 15 is 0 Å². The number of benzene rings is 1. The molecule has 2 aliphatic rings. The van der Waals surface area contributed by atoms with Crippen molar-refractivity contribution in [3.05, 3.63) is 33.9 Å². The molecule has 1 aromatic carbocycles. The summed E-state index contributed by atoms with van der Waals surface area (Å²) in [4.78, 5) is 25.7. The molecule has 7 nitrogen and oxygen atoms in total. The zero-order valence-corrected chi connectivity index (χ0v) is 13.5. The van der Waals surface area contributed by atoms with Crippen molar-refractivity contribution >= 4 is 22.6 Å². The minimum absolute atomic E-state index is 0.0712. The minimum Gasteiger partial charge on any atom is -0.504 e. The fraction of sp³-hybridized carbons (Fsp3) is 0.412. The van der Waals surface area contributed by atoms with Gasteiger partial charge in [-0.2, -0.15) is 0 Å². The topological polar surface area (TPSA) is 94.8 Å². The number of halogens is 1. The Balaban J connectivity index is 2.02. The molecule has 132 valence electrons. The van der Waals surface area contributed by atoms with E-state index in [0.29, 0.717) is 31.7 Å². The number of rotatable bonds is 3. The van der Waals surface area contributed by atoms with E-state index in [0.717, 1.165) is 12.8 Å². The van der Waals surface area contributed by atoms with E-state index in [1.165, 1.54) is 6.20 Å². The fourth-order valence-electron chi connectivity index (χ4n) is 3.39. The van der Waals surface area contributed by atoms with Crippen LogP contribution in [0.25, 0.3) is 10.9 Å². The minimum atomic E-state index is -1.38. The average molecular weight is 347 g/mol. The molecule has 2 fully saturated rings. The molecule has 3 N–H and O–H groups in total. The van der Waals surface area contributed by atoms with Crippen LogP contribution in [0, 0.1) is 5.82 Å². The van der Waals surface area contributed by atoms with E-state index in [4.69, 9.17) is 0 Å². The molecule has 0 spiro atoms. The summed E-state index contributed by atoms with van der Waals surface area (Å²) in [6.07, 6.45) is 3.03. The number of fused-ring (bicyclic) bond motifs is 1. The van der Waals surface area contributed by atoms with E-state index in [-0.39, 0.29) is 17.1 Å². The van der Waals surface area contributed by atoms with Crippen molar-refractivity contribution < 1.29 is 19.4 Å². The molecule has 8 heteroatoms. The lowest BCUT2D eigenvalue weighted by Crippen LogP contribution is -2.44. The van der Waals surface area contributed by atoms with Gasteiger partial charge in [-0.1, -0.05) is 0 Å². The maximum absolute atomic E-state index is 14.8. The van der Waals surface area contributed by atoms with Gasteiger partial charge >= 0.3 is 5.97 Å². The summed E-state index contributed by atoms with van der Waals surface area (Å²) in [6, 6.07) is 1.63. The number of phenols is 1. The predicted molar refractivity (Wildman–Crippen MR) is 90.1 cm³/mol. The second-order valence-electron chi connectivity index (χ2n) is 6.50. The molecule has 0 radical (unpaired) electrons. The van der Waals surface area contributed by atoms with Crippen molar-refractivity contribution in [1.29, 1.82) is 0 Å². The van der Waals surface area contributed by atoms with Crippen LogP contribution in [0.5, 0.6) is 5.75 Å². The van der Waals surface area contributed by atoms with Crippen LogP contribution in [-0.2, 0) is 0 Å². The summed E-state index contributed by atoms with van der Waals surface area (Å²) in [5.41, 5.74) is -0.694. The SMILES string of the molecule is O=C(O)c1cn(C2CC2)c2cc(N3CCNCC3)c(F)c(O)c2c1=O. The van der Waals surface area contributed by atoms with Gasteiger partial charge in [-0.05, 0) is 18.9 Å². The van der Waals surface area contributed by atoms with E-state index in [9.17, 15) is 24.2 Å². The van der Waals surface area contributed by atoms with E-state index in [1.54, 1.807) is 10.6 Å². The number of hydrogen-bond donors (Lipinski definition) is 3. The van der Waals surface area contributed by atoms with Gasteiger partial charge in [-0.15, -0.1) is 0 Å². The summed E-state index contributed by atoms with van der Waals surface area (Å²) in [5, 5.41) is 22.5. The number of aromatic carboxylic acids is 1. The van der Waals surface area contributed by atoms with Gasteiger partial charge in [-0.25, -0.2) is 9.18 Å². The van der Waals surface area contributed by atoms with Crippen LogP contribution >= 0.6 is 0 Å². The third-order valence-electron chi connectivity index (χ3n) is 4.85. The third kappa shape index (κ3) is 2.53. The summed E-state index contributed by atoms with van der Waals surface area (Å²) in [7, 11) is 0. The zero-order chi connectivity index (χ0) is 17.7. The Hall–Kier alpha value is -2.61. The number of pyridine rings is 1. The molecular formula is C17H18FN3O4. The summed E-state index contributed by atoms with van der Waals surface area (Å²) >= 11 is 0. The predicted octanol–water partition coefficient (Wildman–Crippen LogP) is 1.29. The van der Waals surface area contributed by atoms with Crippen LogP contribution in [0.1, 0.15) is 29.2 Å². The Kier molecular flexibility index (Phi) is 3.64. The lowest BCUT2D eigenvalue weighted by atomic mass is 10.1. The zero-order valence-electron chi connectivity index (χ0n) is 13.5. The second-order valence-corrected chi connectivity index (χ2v) is 6.50. The first-order chi connectivity index (χ1) is 12.0. The van der Waals surface area contributed by atoms with Crippen molar-refractivity contribution in [2.75, 3.05) is 31.1 Å². The van der Waals surface area contributed by atoms with Crippen molar-refractivity contribution in [3.63, 3.8) is 0 Å². The largest absolute Gasteiger partial charge is 0.504 e. The molecule has 1 aromatic heterocycles. The molecule has 0 atom stereocenters. The van der Waals surface area contributed by atoms with Crippen LogP contribution in [0.4, 0.5) is 10.1 Å². The number of carboxylic acid groups (broad SMARTS) is 1. The lowest BCUT2D eigenvalue weighted by Gasteiger charge is -2.30. The van der Waals surface area contributed by atoms with Gasteiger partial charge in [0, 0.05) is 38.4 Å². The highest BCUT2D eigenvalue weighted by atomic mass is 19.1. The number of aromatic hydroxyl groups is 1. The molecule has 1 saturated heterocycles. The molecular weight excluding hydrogens is 329 g/mol. The number of aromatic nitrogens is 1. The van der Waals surface area contributed by atoms with Crippen LogP contribution in [0.3, 0.4) is 0 Å². The van der Waals surface area contributed by atoms with E-state index in [1.807, 2.05) is 4.90 Å². The number of hydrogen-bond acceptors (Lipinski definition) is 5. The van der Waals surface area contributed by atoms with Gasteiger partial charge in [0.15, 0.2) is 11.6 Å². The third-order valence-corrected chi connectivity index (χ3v) is 4.85. The maximum atomic E-state index is 14.8. The van der Waals surface area contributed by atoms with Gasteiger partial charge in [-0.3, -0.25) is 4.79 Å². The van der Waals surface area contributed by atoms with Crippen molar-refractivity contribution in [3.8, 4) is 5.75 Å².